The van der Waals surface area contributed by atoms with Crippen LogP contribution in [-0.2, 0) is 4.79 Å². The van der Waals surface area contributed by atoms with Crippen molar-refractivity contribution in [1.82, 2.24) is 5.32 Å². The third kappa shape index (κ3) is 3.72. The standard InChI is InChI=1S/C12H17NO4/c1-7-3-4-9(5-10(7)15)12(17)11(16)6-13-8(2)14/h3-5,11-12,15-17H,6H2,1-2H3,(H,13,14). The smallest absolute Gasteiger partial charge is 0.216 e. The second-order valence-corrected chi connectivity index (χ2v) is 4.00. The van der Waals surface area contributed by atoms with Crippen molar-refractivity contribution in [1.29, 1.82) is 0 Å². The van der Waals surface area contributed by atoms with Crippen molar-refractivity contribution in [2.24, 2.45) is 0 Å². The Balaban J connectivity index is 2.70. The third-order valence-corrected chi connectivity index (χ3v) is 2.50. The van der Waals surface area contributed by atoms with Gasteiger partial charge in [-0.2, -0.15) is 0 Å². The van der Waals surface area contributed by atoms with Crippen LogP contribution in [0, 0.1) is 6.92 Å². The lowest BCUT2D eigenvalue weighted by molar-refractivity contribution is -0.119. The summed E-state index contributed by atoms with van der Waals surface area (Å²) in [5, 5.41) is 31.3. The Morgan fingerprint density at radius 3 is 2.59 bits per heavy atom. The number of hydrogen-bond acceptors (Lipinski definition) is 4. The number of carbonyl (C=O) groups excluding carboxylic acids is 1. The number of aromatic hydroxyl groups is 1. The van der Waals surface area contributed by atoms with Crippen LogP contribution in [0.2, 0.25) is 0 Å². The topological polar surface area (TPSA) is 89.8 Å². The normalized spacial score (nSPS) is 14.1. The monoisotopic (exact) mass is 239 g/mol. The molecule has 1 aromatic carbocycles. The summed E-state index contributed by atoms with van der Waals surface area (Å²) >= 11 is 0. The number of rotatable bonds is 4. The van der Waals surface area contributed by atoms with E-state index < -0.39 is 12.2 Å². The highest BCUT2D eigenvalue weighted by atomic mass is 16.3. The van der Waals surface area contributed by atoms with Gasteiger partial charge in [-0.3, -0.25) is 4.79 Å². The van der Waals surface area contributed by atoms with Crippen molar-refractivity contribution in [3.05, 3.63) is 29.3 Å². The number of phenols is 1. The maximum Gasteiger partial charge on any atom is 0.216 e. The molecule has 0 heterocycles. The maximum absolute atomic E-state index is 10.7. The van der Waals surface area contributed by atoms with Crippen molar-refractivity contribution < 1.29 is 20.1 Å². The van der Waals surface area contributed by atoms with Gasteiger partial charge in [0.2, 0.25) is 5.91 Å². The van der Waals surface area contributed by atoms with Gasteiger partial charge in [0.1, 0.15) is 18.0 Å². The van der Waals surface area contributed by atoms with Gasteiger partial charge in [-0.15, -0.1) is 0 Å². The van der Waals surface area contributed by atoms with Gasteiger partial charge in [-0.25, -0.2) is 0 Å². The number of aryl methyl sites for hydroxylation is 1. The molecule has 4 N–H and O–H groups in total. The molecule has 17 heavy (non-hydrogen) atoms. The van der Waals surface area contributed by atoms with E-state index in [0.717, 1.165) is 0 Å². The summed E-state index contributed by atoms with van der Waals surface area (Å²) in [7, 11) is 0. The summed E-state index contributed by atoms with van der Waals surface area (Å²) in [6.07, 6.45) is -2.26. The van der Waals surface area contributed by atoms with Crippen LogP contribution >= 0.6 is 0 Å². The largest absolute Gasteiger partial charge is 0.508 e. The number of nitrogens with one attached hydrogen (secondary N) is 1. The molecule has 5 heteroatoms. The molecule has 0 aliphatic heterocycles. The fourth-order valence-corrected chi connectivity index (χ4v) is 1.39. The lowest BCUT2D eigenvalue weighted by Crippen LogP contribution is -2.34. The SMILES string of the molecule is CC(=O)NCC(O)C(O)c1ccc(C)c(O)c1. The number of aliphatic hydroxyl groups is 2. The van der Waals surface area contributed by atoms with E-state index in [1.807, 2.05) is 0 Å². The van der Waals surface area contributed by atoms with Gasteiger partial charge in [0.05, 0.1) is 0 Å². The van der Waals surface area contributed by atoms with Crippen LogP contribution in [0.15, 0.2) is 18.2 Å². The molecular weight excluding hydrogens is 222 g/mol. The zero-order valence-corrected chi connectivity index (χ0v) is 9.84. The van der Waals surface area contributed by atoms with Gasteiger partial charge < -0.3 is 20.6 Å². The highest BCUT2D eigenvalue weighted by Gasteiger charge is 2.19. The highest BCUT2D eigenvalue weighted by Crippen LogP contribution is 2.23. The minimum atomic E-state index is -1.15. The van der Waals surface area contributed by atoms with Crippen LogP contribution in [-0.4, -0.2) is 33.9 Å². The van der Waals surface area contributed by atoms with Gasteiger partial charge in [0, 0.05) is 13.5 Å². The number of phenolic OH excluding ortho intramolecular Hbond substituents is 1. The molecule has 1 rings (SSSR count). The molecule has 0 radical (unpaired) electrons. The fourth-order valence-electron chi connectivity index (χ4n) is 1.39. The second-order valence-electron chi connectivity index (χ2n) is 4.00. The van der Waals surface area contributed by atoms with E-state index in [1.165, 1.54) is 13.0 Å². The summed E-state index contributed by atoms with van der Waals surface area (Å²) in [5.41, 5.74) is 1.10. The van der Waals surface area contributed by atoms with E-state index in [2.05, 4.69) is 5.32 Å². The van der Waals surface area contributed by atoms with E-state index in [9.17, 15) is 20.1 Å². The minimum absolute atomic E-state index is 0.0366. The van der Waals surface area contributed by atoms with Crippen LogP contribution in [0.1, 0.15) is 24.2 Å². The zero-order valence-electron chi connectivity index (χ0n) is 9.84. The second kappa shape index (κ2) is 5.65. The van der Waals surface area contributed by atoms with E-state index >= 15 is 0 Å². The van der Waals surface area contributed by atoms with Crippen LogP contribution < -0.4 is 5.32 Å². The predicted octanol–water partition coefficient (Wildman–Crippen LogP) is 0.231. The van der Waals surface area contributed by atoms with Gasteiger partial charge >= 0.3 is 0 Å². The van der Waals surface area contributed by atoms with E-state index in [4.69, 9.17) is 0 Å². The Morgan fingerprint density at radius 2 is 2.06 bits per heavy atom. The van der Waals surface area contributed by atoms with Crippen molar-refractivity contribution in [2.45, 2.75) is 26.1 Å². The molecule has 5 nitrogen and oxygen atoms in total. The first-order valence-corrected chi connectivity index (χ1v) is 5.32. The van der Waals surface area contributed by atoms with E-state index in [0.29, 0.717) is 11.1 Å². The number of benzene rings is 1. The Kier molecular flexibility index (Phi) is 4.48. The quantitative estimate of drug-likeness (QED) is 0.605. The predicted molar refractivity (Wildman–Crippen MR) is 62.5 cm³/mol. The first-order valence-electron chi connectivity index (χ1n) is 5.32. The summed E-state index contributed by atoms with van der Waals surface area (Å²) in [4.78, 5) is 10.7. The summed E-state index contributed by atoms with van der Waals surface area (Å²) in [5.74, 6) is -0.212. The molecular formula is C12H17NO4. The first-order chi connectivity index (χ1) is 7.91. The maximum atomic E-state index is 10.7. The molecule has 0 bridgehead atoms. The minimum Gasteiger partial charge on any atom is -0.508 e. The van der Waals surface area contributed by atoms with Crippen molar-refractivity contribution in [2.75, 3.05) is 6.54 Å². The van der Waals surface area contributed by atoms with Crippen molar-refractivity contribution in [3.8, 4) is 5.75 Å². The summed E-state index contributed by atoms with van der Waals surface area (Å²) in [6.45, 7) is 3.03. The van der Waals surface area contributed by atoms with Crippen molar-refractivity contribution in [3.63, 3.8) is 0 Å². The van der Waals surface area contributed by atoms with Gasteiger partial charge in [0.25, 0.3) is 0 Å². The molecule has 0 saturated carbocycles. The number of aliphatic hydroxyl groups excluding tert-OH is 2. The molecule has 0 aliphatic carbocycles. The third-order valence-electron chi connectivity index (χ3n) is 2.50. The summed E-state index contributed by atoms with van der Waals surface area (Å²) in [6, 6.07) is 4.67. The Morgan fingerprint density at radius 1 is 1.41 bits per heavy atom. The average Bonchev–Trinajstić information content (AvgIpc) is 2.28. The summed E-state index contributed by atoms with van der Waals surface area (Å²) < 4.78 is 0. The highest BCUT2D eigenvalue weighted by molar-refractivity contribution is 5.72. The fraction of sp³-hybridized carbons (Fsp3) is 0.417. The molecule has 0 saturated heterocycles. The molecule has 2 unspecified atom stereocenters. The molecule has 0 aliphatic rings. The Hall–Kier alpha value is -1.59. The lowest BCUT2D eigenvalue weighted by atomic mass is 10.0. The van der Waals surface area contributed by atoms with Crippen LogP contribution in [0.4, 0.5) is 0 Å². The van der Waals surface area contributed by atoms with E-state index in [-0.39, 0.29) is 18.2 Å². The molecule has 94 valence electrons. The van der Waals surface area contributed by atoms with Crippen LogP contribution in [0.25, 0.3) is 0 Å². The average molecular weight is 239 g/mol. The molecule has 0 spiro atoms. The van der Waals surface area contributed by atoms with Gasteiger partial charge in [0.15, 0.2) is 0 Å². The number of amides is 1. The van der Waals surface area contributed by atoms with Crippen LogP contribution in [0.3, 0.4) is 0 Å². The Bertz CT molecular complexity index is 405. The lowest BCUT2D eigenvalue weighted by Gasteiger charge is -2.18. The molecule has 2 atom stereocenters. The number of hydrogen-bond donors (Lipinski definition) is 4. The molecule has 1 aromatic rings. The van der Waals surface area contributed by atoms with Crippen LogP contribution in [0.5, 0.6) is 5.75 Å². The van der Waals surface area contributed by atoms with E-state index in [1.54, 1.807) is 19.1 Å². The molecule has 0 aromatic heterocycles. The molecule has 0 fully saturated rings. The van der Waals surface area contributed by atoms with Gasteiger partial charge in [-0.05, 0) is 24.1 Å². The zero-order chi connectivity index (χ0) is 13.0. The Labute approximate surface area is 99.7 Å². The van der Waals surface area contributed by atoms with Gasteiger partial charge in [-0.1, -0.05) is 12.1 Å². The van der Waals surface area contributed by atoms with Crippen molar-refractivity contribution >= 4 is 5.91 Å². The number of carbonyl (C=O) groups is 1. The first kappa shape index (κ1) is 13.5. The molecule has 1 amide bonds.